The number of benzene rings is 2. The molecule has 32 heavy (non-hydrogen) atoms. The molecule has 7 heteroatoms. The molecule has 0 unspecified atom stereocenters. The Morgan fingerprint density at radius 2 is 1.72 bits per heavy atom. The van der Waals surface area contributed by atoms with Crippen LogP contribution in [0.5, 0.6) is 0 Å². The minimum atomic E-state index is -1.03. The molecule has 1 fully saturated rings. The second-order valence-corrected chi connectivity index (χ2v) is 8.53. The summed E-state index contributed by atoms with van der Waals surface area (Å²) in [6.45, 7) is 0.580. The number of hydrogen-bond acceptors (Lipinski definition) is 4. The first kappa shape index (κ1) is 21.7. The number of fused-ring (bicyclic) bond motifs is 1. The molecule has 0 radical (unpaired) electrons. The average Bonchev–Trinajstić information content (AvgIpc) is 2.81. The van der Waals surface area contributed by atoms with Crippen LogP contribution < -0.4 is 10.9 Å². The maximum absolute atomic E-state index is 12.7. The number of carboxylic acid groups (broad SMARTS) is 1. The molecule has 1 amide bonds. The Morgan fingerprint density at radius 3 is 2.44 bits per heavy atom. The minimum absolute atomic E-state index is 0.0410. The van der Waals surface area contributed by atoms with Crippen LogP contribution in [0.25, 0.3) is 10.9 Å². The monoisotopic (exact) mass is 433 g/mol. The van der Waals surface area contributed by atoms with Crippen LogP contribution in [-0.4, -0.2) is 32.6 Å². The van der Waals surface area contributed by atoms with E-state index in [9.17, 15) is 19.5 Å². The molecule has 2 aromatic carbocycles. The zero-order valence-electron chi connectivity index (χ0n) is 17.8. The van der Waals surface area contributed by atoms with Crippen molar-refractivity contribution in [3.05, 3.63) is 76.8 Å². The number of nitrogens with one attached hydrogen (secondary N) is 1. The van der Waals surface area contributed by atoms with Crippen LogP contribution >= 0.6 is 0 Å². The summed E-state index contributed by atoms with van der Waals surface area (Å²) in [6, 6.07) is 15.7. The van der Waals surface area contributed by atoms with Crippen molar-refractivity contribution in [1.29, 1.82) is 0 Å². The lowest BCUT2D eigenvalue weighted by molar-refractivity contribution is -0.142. The maximum Gasteiger partial charge on any atom is 0.326 e. The van der Waals surface area contributed by atoms with Gasteiger partial charge in [-0.25, -0.2) is 9.78 Å². The predicted octanol–water partition coefficient (Wildman–Crippen LogP) is 3.02. The quantitative estimate of drug-likeness (QED) is 0.596. The van der Waals surface area contributed by atoms with Crippen molar-refractivity contribution in [2.75, 3.05) is 0 Å². The Kier molecular flexibility index (Phi) is 6.63. The molecule has 0 bridgehead atoms. The maximum atomic E-state index is 12.7. The third-order valence-electron chi connectivity index (χ3n) is 6.30. The third-order valence-corrected chi connectivity index (χ3v) is 6.30. The number of aliphatic carboxylic acids is 1. The van der Waals surface area contributed by atoms with Crippen molar-refractivity contribution in [2.24, 2.45) is 11.8 Å². The van der Waals surface area contributed by atoms with Crippen LogP contribution in [0, 0.1) is 11.8 Å². The van der Waals surface area contributed by atoms with Gasteiger partial charge in [-0.15, -0.1) is 0 Å². The molecule has 166 valence electrons. The summed E-state index contributed by atoms with van der Waals surface area (Å²) in [5.41, 5.74) is 1.52. The van der Waals surface area contributed by atoms with Crippen LogP contribution in [0.1, 0.15) is 31.2 Å². The van der Waals surface area contributed by atoms with E-state index in [1.54, 1.807) is 17.0 Å². The predicted molar refractivity (Wildman–Crippen MR) is 121 cm³/mol. The summed E-state index contributed by atoms with van der Waals surface area (Å²) in [4.78, 5) is 41.5. The highest BCUT2D eigenvalue weighted by Crippen LogP contribution is 2.30. The highest BCUT2D eigenvalue weighted by atomic mass is 16.4. The van der Waals surface area contributed by atoms with Gasteiger partial charge in [-0.2, -0.15) is 0 Å². The molecule has 2 N–H and O–H groups in total. The number of aromatic nitrogens is 2. The average molecular weight is 434 g/mol. The van der Waals surface area contributed by atoms with E-state index in [1.165, 1.54) is 0 Å². The van der Waals surface area contributed by atoms with Gasteiger partial charge in [0, 0.05) is 18.9 Å². The number of carbonyl (C=O) groups is 2. The van der Waals surface area contributed by atoms with Gasteiger partial charge in [0.25, 0.3) is 5.56 Å². The van der Waals surface area contributed by atoms with Crippen molar-refractivity contribution < 1.29 is 14.7 Å². The smallest absolute Gasteiger partial charge is 0.326 e. The van der Waals surface area contributed by atoms with Gasteiger partial charge in [0.05, 0.1) is 17.2 Å². The van der Waals surface area contributed by atoms with Crippen molar-refractivity contribution >= 4 is 22.8 Å². The molecule has 0 saturated heterocycles. The molecular formula is C25H27N3O4. The largest absolute Gasteiger partial charge is 0.480 e. The molecule has 1 heterocycles. The molecule has 1 aromatic heterocycles. The highest BCUT2D eigenvalue weighted by molar-refractivity contribution is 5.85. The van der Waals surface area contributed by atoms with E-state index in [-0.39, 0.29) is 23.8 Å². The number of para-hydroxylation sites is 1. The Morgan fingerprint density at radius 1 is 1.03 bits per heavy atom. The second-order valence-electron chi connectivity index (χ2n) is 8.53. The zero-order valence-corrected chi connectivity index (χ0v) is 17.8. The Balaban J connectivity index is 1.33. The van der Waals surface area contributed by atoms with Crippen LogP contribution in [-0.2, 0) is 22.6 Å². The topological polar surface area (TPSA) is 101 Å². The fourth-order valence-corrected chi connectivity index (χ4v) is 4.46. The van der Waals surface area contributed by atoms with Gasteiger partial charge in [0.1, 0.15) is 6.04 Å². The van der Waals surface area contributed by atoms with Crippen LogP contribution in [0.15, 0.2) is 65.7 Å². The Labute approximate surface area is 186 Å². The summed E-state index contributed by atoms with van der Waals surface area (Å²) < 4.78 is 1.66. The van der Waals surface area contributed by atoms with Gasteiger partial charge in [-0.3, -0.25) is 14.2 Å². The van der Waals surface area contributed by atoms with E-state index in [1.807, 2.05) is 48.5 Å². The number of hydrogen-bond donors (Lipinski definition) is 2. The van der Waals surface area contributed by atoms with Gasteiger partial charge >= 0.3 is 5.97 Å². The number of carbonyl (C=O) groups excluding carboxylic acids is 1. The molecule has 1 aliphatic rings. The van der Waals surface area contributed by atoms with Crippen molar-refractivity contribution in [1.82, 2.24) is 14.9 Å². The standard InChI is InChI=1S/C25H27N3O4/c29-23(27-22(25(31)32)14-17-6-2-1-3-7-17)19-12-10-18(11-13-19)15-28-16-26-21-9-5-4-8-20(21)24(28)30/h1-9,16,18-19,22H,10-15H2,(H,27,29)(H,31,32)/t18?,19?,22-/m1/s1. The molecule has 0 spiro atoms. The van der Waals surface area contributed by atoms with Crippen molar-refractivity contribution in [3.8, 4) is 0 Å². The first-order chi connectivity index (χ1) is 15.5. The normalized spacial score (nSPS) is 19.4. The summed E-state index contributed by atoms with van der Waals surface area (Å²) in [5.74, 6) is -1.13. The number of amides is 1. The summed E-state index contributed by atoms with van der Waals surface area (Å²) in [5, 5.41) is 12.9. The van der Waals surface area contributed by atoms with Crippen molar-refractivity contribution in [2.45, 2.75) is 44.7 Å². The number of rotatable bonds is 7. The number of nitrogens with zero attached hydrogens (tertiary/aromatic N) is 2. The molecule has 1 saturated carbocycles. The van der Waals surface area contributed by atoms with Gasteiger partial charge in [0.2, 0.25) is 5.91 Å². The zero-order chi connectivity index (χ0) is 22.5. The van der Waals surface area contributed by atoms with Crippen molar-refractivity contribution in [3.63, 3.8) is 0 Å². The minimum Gasteiger partial charge on any atom is -0.480 e. The lowest BCUT2D eigenvalue weighted by Crippen LogP contribution is -2.45. The van der Waals surface area contributed by atoms with Gasteiger partial charge in [0.15, 0.2) is 0 Å². The summed E-state index contributed by atoms with van der Waals surface area (Å²) in [7, 11) is 0. The van der Waals surface area contributed by atoms with E-state index < -0.39 is 12.0 Å². The Bertz CT molecular complexity index is 1150. The van der Waals surface area contributed by atoms with Crippen LogP contribution in [0.4, 0.5) is 0 Å². The molecule has 1 aliphatic carbocycles. The molecule has 7 nitrogen and oxygen atoms in total. The molecule has 3 aromatic rings. The fourth-order valence-electron chi connectivity index (χ4n) is 4.46. The van der Waals surface area contributed by atoms with Gasteiger partial charge in [-0.05, 0) is 49.3 Å². The van der Waals surface area contributed by atoms with Gasteiger partial charge < -0.3 is 10.4 Å². The molecule has 4 rings (SSSR count). The Hall–Kier alpha value is -3.48. The van der Waals surface area contributed by atoms with E-state index >= 15 is 0 Å². The van der Waals surface area contributed by atoms with Crippen LogP contribution in [0.3, 0.4) is 0 Å². The SMILES string of the molecule is O=C(N[C@H](Cc1ccccc1)C(=O)O)C1CCC(Cn2cnc3ccccc3c2=O)CC1. The van der Waals surface area contributed by atoms with E-state index in [0.717, 1.165) is 18.4 Å². The summed E-state index contributed by atoms with van der Waals surface area (Å²) >= 11 is 0. The van der Waals surface area contributed by atoms with Crippen LogP contribution in [0.2, 0.25) is 0 Å². The second kappa shape index (κ2) is 9.77. The molecular weight excluding hydrogens is 406 g/mol. The van der Waals surface area contributed by atoms with E-state index in [2.05, 4.69) is 10.3 Å². The third kappa shape index (κ3) is 5.04. The highest BCUT2D eigenvalue weighted by Gasteiger charge is 2.29. The summed E-state index contributed by atoms with van der Waals surface area (Å²) in [6.07, 6.45) is 4.86. The first-order valence-corrected chi connectivity index (χ1v) is 11.0. The van der Waals surface area contributed by atoms with E-state index in [0.29, 0.717) is 36.2 Å². The molecule has 0 aliphatic heterocycles. The fraction of sp³-hybridized carbons (Fsp3) is 0.360. The molecule has 1 atom stereocenters. The first-order valence-electron chi connectivity index (χ1n) is 11.0. The lowest BCUT2D eigenvalue weighted by atomic mass is 9.81. The van der Waals surface area contributed by atoms with E-state index in [4.69, 9.17) is 0 Å². The lowest BCUT2D eigenvalue weighted by Gasteiger charge is -2.29. The van der Waals surface area contributed by atoms with Gasteiger partial charge in [-0.1, -0.05) is 42.5 Å². The number of carboxylic acids is 1.